The molecule has 0 unspecified atom stereocenters. The second-order valence-electron chi connectivity index (χ2n) is 4.75. The van der Waals surface area contributed by atoms with Crippen LogP contribution in [0.2, 0.25) is 0 Å². The van der Waals surface area contributed by atoms with Gasteiger partial charge in [-0.1, -0.05) is 6.07 Å². The predicted molar refractivity (Wildman–Crippen MR) is 77.2 cm³/mol. The van der Waals surface area contributed by atoms with E-state index >= 15 is 0 Å². The Kier molecular flexibility index (Phi) is 4.03. The molecule has 4 nitrogen and oxygen atoms in total. The minimum atomic E-state index is -1.07. The Morgan fingerprint density at radius 1 is 1.00 bits per heavy atom. The van der Waals surface area contributed by atoms with Crippen molar-refractivity contribution in [1.82, 2.24) is 0 Å². The Labute approximate surface area is 121 Å². The van der Waals surface area contributed by atoms with Gasteiger partial charge in [0.15, 0.2) is 0 Å². The summed E-state index contributed by atoms with van der Waals surface area (Å²) in [6, 6.07) is 8.54. The lowest BCUT2D eigenvalue weighted by atomic mass is 10.1. The van der Waals surface area contributed by atoms with E-state index in [0.29, 0.717) is 16.8 Å². The van der Waals surface area contributed by atoms with E-state index in [9.17, 15) is 14.0 Å². The highest BCUT2D eigenvalue weighted by Crippen LogP contribution is 2.18. The smallest absolute Gasteiger partial charge is 0.335 e. The second kappa shape index (κ2) is 5.75. The van der Waals surface area contributed by atoms with Crippen LogP contribution < -0.4 is 5.32 Å². The maximum absolute atomic E-state index is 13.2. The van der Waals surface area contributed by atoms with Crippen LogP contribution >= 0.6 is 0 Å². The van der Waals surface area contributed by atoms with E-state index in [2.05, 4.69) is 5.32 Å². The summed E-state index contributed by atoms with van der Waals surface area (Å²) in [5, 5.41) is 11.6. The molecule has 21 heavy (non-hydrogen) atoms. The summed E-state index contributed by atoms with van der Waals surface area (Å²) in [5.74, 6) is -1.86. The van der Waals surface area contributed by atoms with Crippen molar-refractivity contribution in [3.05, 3.63) is 64.5 Å². The molecule has 0 heterocycles. The number of carboxylic acids is 1. The lowest BCUT2D eigenvalue weighted by Crippen LogP contribution is -2.13. The van der Waals surface area contributed by atoms with Gasteiger partial charge in [0, 0.05) is 11.3 Å². The summed E-state index contributed by atoms with van der Waals surface area (Å²) in [7, 11) is 0. The highest BCUT2D eigenvalue weighted by molar-refractivity contribution is 6.05. The minimum absolute atomic E-state index is 0.0891. The Balaban J connectivity index is 2.28. The number of carbonyl (C=O) groups is 2. The third-order valence-corrected chi connectivity index (χ3v) is 3.15. The van der Waals surface area contributed by atoms with E-state index in [-0.39, 0.29) is 11.4 Å². The molecule has 2 aromatic rings. The van der Waals surface area contributed by atoms with Crippen molar-refractivity contribution in [2.75, 3.05) is 5.32 Å². The van der Waals surface area contributed by atoms with Crippen LogP contribution in [0.5, 0.6) is 0 Å². The maximum atomic E-state index is 13.2. The Bertz CT molecular complexity index is 725. The average Bonchev–Trinajstić information content (AvgIpc) is 2.43. The fourth-order valence-electron chi connectivity index (χ4n) is 1.87. The molecule has 2 N–H and O–H groups in total. The van der Waals surface area contributed by atoms with E-state index in [4.69, 9.17) is 5.11 Å². The van der Waals surface area contributed by atoms with Crippen molar-refractivity contribution >= 4 is 17.6 Å². The Morgan fingerprint density at radius 2 is 1.67 bits per heavy atom. The summed E-state index contributed by atoms with van der Waals surface area (Å²) in [6.45, 7) is 3.33. The van der Waals surface area contributed by atoms with Crippen LogP contribution in [-0.2, 0) is 0 Å². The minimum Gasteiger partial charge on any atom is -0.478 e. The molecule has 2 aromatic carbocycles. The summed E-state index contributed by atoms with van der Waals surface area (Å²) in [5.41, 5.74) is 1.94. The summed E-state index contributed by atoms with van der Waals surface area (Å²) in [6.07, 6.45) is 0. The van der Waals surface area contributed by atoms with Gasteiger partial charge in [-0.05, 0) is 55.3 Å². The SMILES string of the molecule is Cc1cc(C(=O)Nc2cc(C(=O)O)ccc2C)ccc1F. The van der Waals surface area contributed by atoms with Gasteiger partial charge in [-0.25, -0.2) is 9.18 Å². The topological polar surface area (TPSA) is 66.4 Å². The molecule has 0 aromatic heterocycles. The van der Waals surface area contributed by atoms with Crippen molar-refractivity contribution < 1.29 is 19.1 Å². The zero-order valence-corrected chi connectivity index (χ0v) is 11.6. The van der Waals surface area contributed by atoms with Crippen LogP contribution in [0.3, 0.4) is 0 Å². The fourth-order valence-corrected chi connectivity index (χ4v) is 1.87. The predicted octanol–water partition coefficient (Wildman–Crippen LogP) is 3.39. The van der Waals surface area contributed by atoms with Crippen molar-refractivity contribution in [3.63, 3.8) is 0 Å². The van der Waals surface area contributed by atoms with Crippen LogP contribution in [0.15, 0.2) is 36.4 Å². The van der Waals surface area contributed by atoms with Crippen molar-refractivity contribution in [2.24, 2.45) is 0 Å². The third kappa shape index (κ3) is 3.25. The molecular weight excluding hydrogens is 273 g/mol. The molecule has 0 fully saturated rings. The normalized spacial score (nSPS) is 10.2. The average molecular weight is 287 g/mol. The first-order valence-electron chi connectivity index (χ1n) is 6.30. The van der Waals surface area contributed by atoms with Gasteiger partial charge >= 0.3 is 5.97 Å². The number of aromatic carboxylic acids is 1. The number of rotatable bonds is 3. The number of carboxylic acid groups (broad SMARTS) is 1. The monoisotopic (exact) mass is 287 g/mol. The number of benzene rings is 2. The quantitative estimate of drug-likeness (QED) is 0.909. The molecule has 108 valence electrons. The molecule has 0 aliphatic carbocycles. The fraction of sp³-hybridized carbons (Fsp3) is 0.125. The van der Waals surface area contributed by atoms with Gasteiger partial charge in [0.1, 0.15) is 5.82 Å². The first-order chi connectivity index (χ1) is 9.88. The van der Waals surface area contributed by atoms with Crippen molar-refractivity contribution in [1.29, 1.82) is 0 Å². The number of hydrogen-bond donors (Lipinski definition) is 2. The molecule has 0 bridgehead atoms. The zero-order valence-electron chi connectivity index (χ0n) is 11.6. The molecule has 0 atom stereocenters. The van der Waals surface area contributed by atoms with Gasteiger partial charge in [-0.3, -0.25) is 4.79 Å². The van der Waals surface area contributed by atoms with E-state index in [1.165, 1.54) is 30.3 Å². The first-order valence-corrected chi connectivity index (χ1v) is 6.30. The number of amides is 1. The van der Waals surface area contributed by atoms with Crippen LogP contribution in [0.4, 0.5) is 10.1 Å². The van der Waals surface area contributed by atoms with Gasteiger partial charge in [-0.2, -0.15) is 0 Å². The van der Waals surface area contributed by atoms with Gasteiger partial charge in [-0.15, -0.1) is 0 Å². The molecule has 0 aliphatic rings. The molecule has 0 spiro atoms. The third-order valence-electron chi connectivity index (χ3n) is 3.15. The van der Waals surface area contributed by atoms with Crippen LogP contribution in [0.25, 0.3) is 0 Å². The first kappa shape index (κ1) is 14.7. The van der Waals surface area contributed by atoms with Gasteiger partial charge in [0.2, 0.25) is 0 Å². The Hall–Kier alpha value is -2.69. The Morgan fingerprint density at radius 3 is 2.29 bits per heavy atom. The lowest BCUT2D eigenvalue weighted by Gasteiger charge is -2.10. The molecule has 0 saturated heterocycles. The van der Waals surface area contributed by atoms with E-state index in [0.717, 1.165) is 5.56 Å². The van der Waals surface area contributed by atoms with Crippen LogP contribution in [0, 0.1) is 19.7 Å². The number of nitrogens with one attached hydrogen (secondary N) is 1. The molecule has 1 amide bonds. The molecular formula is C16H14FNO3. The van der Waals surface area contributed by atoms with Crippen molar-refractivity contribution in [3.8, 4) is 0 Å². The van der Waals surface area contributed by atoms with Gasteiger partial charge in [0.05, 0.1) is 5.56 Å². The number of carbonyl (C=O) groups excluding carboxylic acids is 1. The molecule has 0 radical (unpaired) electrons. The summed E-state index contributed by atoms with van der Waals surface area (Å²) in [4.78, 5) is 23.1. The highest BCUT2D eigenvalue weighted by Gasteiger charge is 2.11. The van der Waals surface area contributed by atoms with Gasteiger partial charge < -0.3 is 10.4 Å². The van der Waals surface area contributed by atoms with E-state index in [1.54, 1.807) is 19.9 Å². The zero-order chi connectivity index (χ0) is 15.6. The number of hydrogen-bond acceptors (Lipinski definition) is 2. The molecule has 0 saturated carbocycles. The highest BCUT2D eigenvalue weighted by atomic mass is 19.1. The lowest BCUT2D eigenvalue weighted by molar-refractivity contribution is 0.0696. The molecule has 2 rings (SSSR count). The number of anilines is 1. The summed E-state index contributed by atoms with van der Waals surface area (Å²) >= 11 is 0. The van der Waals surface area contributed by atoms with Crippen LogP contribution in [-0.4, -0.2) is 17.0 Å². The largest absolute Gasteiger partial charge is 0.478 e. The van der Waals surface area contributed by atoms with E-state index < -0.39 is 11.9 Å². The maximum Gasteiger partial charge on any atom is 0.335 e. The summed E-state index contributed by atoms with van der Waals surface area (Å²) < 4.78 is 13.2. The molecule has 5 heteroatoms. The number of halogens is 1. The van der Waals surface area contributed by atoms with Crippen molar-refractivity contribution in [2.45, 2.75) is 13.8 Å². The standard InChI is InChI=1S/C16H14FNO3/c1-9-3-4-12(16(20)21)8-14(9)18-15(19)11-5-6-13(17)10(2)7-11/h3-8H,1-2H3,(H,18,19)(H,20,21). The number of aryl methyl sites for hydroxylation is 2. The molecule has 0 aliphatic heterocycles. The second-order valence-corrected chi connectivity index (χ2v) is 4.75. The van der Waals surface area contributed by atoms with E-state index in [1.807, 2.05) is 0 Å². The van der Waals surface area contributed by atoms with Crippen LogP contribution in [0.1, 0.15) is 31.8 Å². The van der Waals surface area contributed by atoms with Gasteiger partial charge in [0.25, 0.3) is 5.91 Å².